The van der Waals surface area contributed by atoms with E-state index in [4.69, 9.17) is 0 Å². The fraction of sp³-hybridized carbons (Fsp3) is 0.111. The van der Waals surface area contributed by atoms with Crippen LogP contribution in [0.1, 0.15) is 20.7 Å². The summed E-state index contributed by atoms with van der Waals surface area (Å²) in [5.41, 5.74) is -3.80. The van der Waals surface area contributed by atoms with Crippen LogP contribution in [0.2, 0.25) is 0 Å². The molecule has 128 valence electrons. The summed E-state index contributed by atoms with van der Waals surface area (Å²) >= 11 is 0. The van der Waals surface area contributed by atoms with Crippen molar-refractivity contribution in [2.75, 3.05) is 0 Å². The standard InChI is InChI=1S/C18H14O7/c19-14(11-7-3-1-4-8-11)13(16(21)22)18(25,17(23)24)15(20)12-9-5-2-6-10-12/h1-10,13,25H,(H,21,22)(H,23,24)/t13-,18-/m0/s1. The summed E-state index contributed by atoms with van der Waals surface area (Å²) in [5, 5.41) is 29.3. The van der Waals surface area contributed by atoms with Gasteiger partial charge in [0.2, 0.25) is 11.4 Å². The number of aliphatic carboxylic acids is 2. The third-order valence-corrected chi connectivity index (χ3v) is 3.69. The molecule has 0 aliphatic heterocycles. The molecule has 0 heterocycles. The lowest BCUT2D eigenvalue weighted by Gasteiger charge is -2.27. The summed E-state index contributed by atoms with van der Waals surface area (Å²) in [4.78, 5) is 48.3. The lowest BCUT2D eigenvalue weighted by atomic mass is 9.77. The molecule has 2 rings (SSSR count). The summed E-state index contributed by atoms with van der Waals surface area (Å²) in [6, 6.07) is 13.9. The van der Waals surface area contributed by atoms with Crippen LogP contribution in [-0.4, -0.2) is 44.4 Å². The van der Waals surface area contributed by atoms with Gasteiger partial charge < -0.3 is 15.3 Å². The first-order valence-corrected chi connectivity index (χ1v) is 7.17. The molecule has 0 saturated carbocycles. The van der Waals surface area contributed by atoms with E-state index in [1.807, 2.05) is 0 Å². The molecule has 0 fully saturated rings. The van der Waals surface area contributed by atoms with E-state index in [9.17, 15) is 34.5 Å². The molecule has 0 spiro atoms. The number of benzene rings is 2. The Kier molecular flexibility index (Phi) is 5.09. The van der Waals surface area contributed by atoms with E-state index < -0.39 is 35.0 Å². The van der Waals surface area contributed by atoms with Crippen molar-refractivity contribution in [1.82, 2.24) is 0 Å². The topological polar surface area (TPSA) is 129 Å². The maximum Gasteiger partial charge on any atom is 0.345 e. The smallest absolute Gasteiger partial charge is 0.345 e. The summed E-state index contributed by atoms with van der Waals surface area (Å²) in [6.07, 6.45) is 0. The minimum absolute atomic E-state index is 0.129. The molecule has 0 aliphatic carbocycles. The number of carboxylic acid groups (broad SMARTS) is 2. The van der Waals surface area contributed by atoms with Crippen LogP contribution in [0.4, 0.5) is 0 Å². The molecule has 0 radical (unpaired) electrons. The second-order valence-electron chi connectivity index (χ2n) is 5.27. The van der Waals surface area contributed by atoms with Crippen LogP contribution in [-0.2, 0) is 9.59 Å². The number of aliphatic hydroxyl groups is 1. The van der Waals surface area contributed by atoms with Gasteiger partial charge in [-0.1, -0.05) is 60.7 Å². The fourth-order valence-corrected chi connectivity index (χ4v) is 2.41. The van der Waals surface area contributed by atoms with Crippen LogP contribution in [0.5, 0.6) is 0 Å². The molecular weight excluding hydrogens is 328 g/mol. The van der Waals surface area contributed by atoms with Gasteiger partial charge in [-0.3, -0.25) is 14.4 Å². The Hall–Kier alpha value is -3.32. The molecule has 7 heteroatoms. The first-order chi connectivity index (χ1) is 11.8. The Morgan fingerprint density at radius 2 is 1.20 bits per heavy atom. The maximum atomic E-state index is 12.5. The molecule has 7 nitrogen and oxygen atoms in total. The highest BCUT2D eigenvalue weighted by Gasteiger charge is 2.58. The van der Waals surface area contributed by atoms with Crippen molar-refractivity contribution in [2.45, 2.75) is 5.60 Å². The molecule has 2 aromatic rings. The Morgan fingerprint density at radius 1 is 0.760 bits per heavy atom. The van der Waals surface area contributed by atoms with Gasteiger partial charge in [0.15, 0.2) is 11.7 Å². The summed E-state index contributed by atoms with van der Waals surface area (Å²) in [6.45, 7) is 0. The summed E-state index contributed by atoms with van der Waals surface area (Å²) in [7, 11) is 0. The Bertz CT molecular complexity index is 814. The van der Waals surface area contributed by atoms with Gasteiger partial charge in [-0.15, -0.1) is 0 Å². The first kappa shape index (κ1) is 18.0. The minimum Gasteiger partial charge on any atom is -0.481 e. The number of Topliss-reactive ketones (excluding diaryl/α,β-unsaturated/α-hetero) is 2. The average Bonchev–Trinajstić information content (AvgIpc) is 2.61. The molecule has 0 amide bonds. The lowest BCUT2D eigenvalue weighted by Crippen LogP contribution is -2.58. The summed E-state index contributed by atoms with van der Waals surface area (Å²) in [5.74, 6) is -9.08. The van der Waals surface area contributed by atoms with Gasteiger partial charge in [-0.25, -0.2) is 4.79 Å². The molecule has 25 heavy (non-hydrogen) atoms. The van der Waals surface area contributed by atoms with Gasteiger partial charge >= 0.3 is 11.9 Å². The van der Waals surface area contributed by atoms with Gasteiger partial charge in [0.25, 0.3) is 0 Å². The van der Waals surface area contributed by atoms with Crippen molar-refractivity contribution < 1.29 is 34.5 Å². The van der Waals surface area contributed by atoms with E-state index in [0.717, 1.165) is 0 Å². The quantitative estimate of drug-likeness (QED) is 0.510. The van der Waals surface area contributed by atoms with Crippen molar-refractivity contribution in [3.8, 4) is 0 Å². The highest BCUT2D eigenvalue weighted by Crippen LogP contribution is 2.27. The number of carbonyl (C=O) groups excluding carboxylic acids is 2. The van der Waals surface area contributed by atoms with E-state index in [2.05, 4.69) is 0 Å². The van der Waals surface area contributed by atoms with Gasteiger partial charge in [0.1, 0.15) is 0 Å². The molecule has 0 unspecified atom stereocenters. The van der Waals surface area contributed by atoms with Gasteiger partial charge in [-0.2, -0.15) is 0 Å². The van der Waals surface area contributed by atoms with E-state index in [1.54, 1.807) is 12.1 Å². The Labute approximate surface area is 142 Å². The third-order valence-electron chi connectivity index (χ3n) is 3.69. The van der Waals surface area contributed by atoms with Crippen LogP contribution < -0.4 is 0 Å². The van der Waals surface area contributed by atoms with Crippen LogP contribution in [0.15, 0.2) is 60.7 Å². The van der Waals surface area contributed by atoms with E-state index in [-0.39, 0.29) is 11.1 Å². The molecule has 0 bridgehead atoms. The summed E-state index contributed by atoms with van der Waals surface area (Å²) < 4.78 is 0. The van der Waals surface area contributed by atoms with E-state index in [1.165, 1.54) is 48.5 Å². The monoisotopic (exact) mass is 342 g/mol. The Morgan fingerprint density at radius 3 is 1.60 bits per heavy atom. The number of hydrogen-bond donors (Lipinski definition) is 3. The van der Waals surface area contributed by atoms with E-state index >= 15 is 0 Å². The van der Waals surface area contributed by atoms with Crippen molar-refractivity contribution in [3.63, 3.8) is 0 Å². The maximum absolute atomic E-state index is 12.5. The zero-order valence-corrected chi connectivity index (χ0v) is 12.8. The van der Waals surface area contributed by atoms with Crippen LogP contribution in [0, 0.1) is 5.92 Å². The number of ketones is 2. The lowest BCUT2D eigenvalue weighted by molar-refractivity contribution is -0.164. The van der Waals surface area contributed by atoms with Crippen molar-refractivity contribution in [3.05, 3.63) is 71.8 Å². The van der Waals surface area contributed by atoms with Gasteiger partial charge in [0.05, 0.1) is 0 Å². The molecule has 0 aliphatic rings. The average molecular weight is 342 g/mol. The normalized spacial score (nSPS) is 14.1. The third kappa shape index (κ3) is 3.31. The minimum atomic E-state index is -3.44. The molecular formula is C18H14O7. The zero-order chi connectivity index (χ0) is 18.6. The van der Waals surface area contributed by atoms with Gasteiger partial charge in [0, 0.05) is 11.1 Å². The van der Waals surface area contributed by atoms with Crippen LogP contribution in [0.3, 0.4) is 0 Å². The predicted octanol–water partition coefficient (Wildman–Crippen LogP) is 1.27. The van der Waals surface area contributed by atoms with Crippen molar-refractivity contribution >= 4 is 23.5 Å². The molecule has 0 aromatic heterocycles. The molecule has 2 atom stereocenters. The number of carbonyl (C=O) groups is 4. The highest BCUT2D eigenvalue weighted by atomic mass is 16.4. The predicted molar refractivity (Wildman–Crippen MR) is 85.3 cm³/mol. The van der Waals surface area contributed by atoms with Crippen LogP contribution >= 0.6 is 0 Å². The van der Waals surface area contributed by atoms with Gasteiger partial charge in [-0.05, 0) is 0 Å². The SMILES string of the molecule is O=C(O)[C@H](C(=O)c1ccccc1)[C@@](O)(C(=O)O)C(=O)c1ccccc1. The molecule has 2 aromatic carbocycles. The molecule has 0 saturated heterocycles. The first-order valence-electron chi connectivity index (χ1n) is 7.17. The number of carboxylic acids is 2. The molecule has 3 N–H and O–H groups in total. The fourth-order valence-electron chi connectivity index (χ4n) is 2.41. The second-order valence-corrected chi connectivity index (χ2v) is 5.27. The number of rotatable bonds is 7. The van der Waals surface area contributed by atoms with Crippen LogP contribution in [0.25, 0.3) is 0 Å². The zero-order valence-electron chi connectivity index (χ0n) is 12.8. The highest BCUT2D eigenvalue weighted by molar-refractivity contribution is 6.23. The van der Waals surface area contributed by atoms with Crippen molar-refractivity contribution in [2.24, 2.45) is 5.92 Å². The van der Waals surface area contributed by atoms with E-state index in [0.29, 0.717) is 0 Å². The Balaban J connectivity index is 2.58. The second kappa shape index (κ2) is 7.06. The largest absolute Gasteiger partial charge is 0.481 e. The number of hydrogen-bond acceptors (Lipinski definition) is 5. The van der Waals surface area contributed by atoms with Crippen molar-refractivity contribution in [1.29, 1.82) is 0 Å².